The van der Waals surface area contributed by atoms with Gasteiger partial charge in [-0.2, -0.15) is 0 Å². The molecule has 0 saturated carbocycles. The number of nitrogens with zero attached hydrogens (tertiary/aromatic N) is 1. The number of hydrogen-bond donors (Lipinski definition) is 0. The molecule has 4 heteroatoms. The first kappa shape index (κ1) is 12.3. The van der Waals surface area contributed by atoms with Gasteiger partial charge in [-0.3, -0.25) is 0 Å². The van der Waals surface area contributed by atoms with Crippen LogP contribution in [0.15, 0.2) is 53.9 Å². The second-order valence-corrected chi connectivity index (χ2v) is 5.49. The highest BCUT2D eigenvalue weighted by molar-refractivity contribution is 7.14. The molecule has 1 aromatic carbocycles. The Kier molecular flexibility index (Phi) is 3.32. The molecule has 0 amide bonds. The molecule has 2 aromatic rings. The maximum Gasteiger partial charge on any atom is 0.184 e. The lowest BCUT2D eigenvalue weighted by Gasteiger charge is -2.00. The van der Waals surface area contributed by atoms with E-state index >= 15 is 0 Å². The van der Waals surface area contributed by atoms with Gasteiger partial charge < -0.3 is 0 Å². The molecule has 0 spiro atoms. The molecule has 0 N–H and O–H groups in total. The second kappa shape index (κ2) is 5.11. The molecule has 0 radical (unpaired) electrons. The maximum absolute atomic E-state index is 12.0. The minimum Gasteiger partial charge on any atom is -0.225 e. The SMILES string of the molecule is Clc1nc(-c2ccccc2)cs1.Fc1cc2ccc1=2. The Morgan fingerprint density at radius 2 is 1.84 bits per heavy atom. The largest absolute Gasteiger partial charge is 0.225 e. The van der Waals surface area contributed by atoms with Gasteiger partial charge in [-0.25, -0.2) is 9.37 Å². The Morgan fingerprint density at radius 1 is 1.05 bits per heavy atom. The molecule has 19 heavy (non-hydrogen) atoms. The van der Waals surface area contributed by atoms with Crippen molar-refractivity contribution in [2.45, 2.75) is 0 Å². The molecule has 1 nitrogen and oxygen atoms in total. The van der Waals surface area contributed by atoms with Crippen LogP contribution in [0.25, 0.3) is 11.3 Å². The molecule has 94 valence electrons. The molecule has 1 heterocycles. The van der Waals surface area contributed by atoms with Gasteiger partial charge in [0, 0.05) is 16.2 Å². The lowest BCUT2D eigenvalue weighted by molar-refractivity contribution is 0.605. The van der Waals surface area contributed by atoms with Crippen LogP contribution in [0.4, 0.5) is 4.39 Å². The zero-order valence-corrected chi connectivity index (χ0v) is 11.4. The zero-order chi connectivity index (χ0) is 13.2. The molecule has 2 aliphatic rings. The lowest BCUT2D eigenvalue weighted by Crippen LogP contribution is -1.90. The van der Waals surface area contributed by atoms with Crippen molar-refractivity contribution in [3.05, 3.63) is 74.6 Å². The molecule has 4 rings (SSSR count). The average Bonchev–Trinajstić information content (AvgIpc) is 2.84. The summed E-state index contributed by atoms with van der Waals surface area (Å²) < 4.78 is 12.6. The molecular weight excluding hydrogens is 281 g/mol. The lowest BCUT2D eigenvalue weighted by atomic mass is 10.1. The molecule has 2 aliphatic carbocycles. The summed E-state index contributed by atoms with van der Waals surface area (Å²) in [6, 6.07) is 15.2. The van der Waals surface area contributed by atoms with Gasteiger partial charge in [0.15, 0.2) is 4.47 Å². The van der Waals surface area contributed by atoms with Crippen LogP contribution in [0.3, 0.4) is 0 Å². The molecule has 0 saturated heterocycles. The van der Waals surface area contributed by atoms with Crippen LogP contribution in [0.5, 0.6) is 0 Å². The van der Waals surface area contributed by atoms with E-state index in [1.54, 1.807) is 6.07 Å². The van der Waals surface area contributed by atoms with Crippen molar-refractivity contribution >= 4 is 22.9 Å². The monoisotopic (exact) mass is 289 g/mol. The highest BCUT2D eigenvalue weighted by Crippen LogP contribution is 2.23. The van der Waals surface area contributed by atoms with E-state index in [-0.39, 0.29) is 5.82 Å². The van der Waals surface area contributed by atoms with E-state index in [0.717, 1.165) is 21.7 Å². The molecule has 0 atom stereocenters. The summed E-state index contributed by atoms with van der Waals surface area (Å²) in [5.41, 5.74) is 2.06. The van der Waals surface area contributed by atoms with Gasteiger partial charge in [0.1, 0.15) is 5.82 Å². The second-order valence-electron chi connectivity index (χ2n) is 4.05. The van der Waals surface area contributed by atoms with Crippen molar-refractivity contribution in [3.63, 3.8) is 0 Å². The topological polar surface area (TPSA) is 12.9 Å². The van der Waals surface area contributed by atoms with Gasteiger partial charge in [0.05, 0.1) is 5.69 Å². The Labute approximate surface area is 118 Å². The predicted octanol–water partition coefficient (Wildman–Crippen LogP) is 4.89. The third kappa shape index (κ3) is 2.53. The Morgan fingerprint density at radius 3 is 2.21 bits per heavy atom. The number of halogens is 2. The Bertz CT molecular complexity index is 799. The van der Waals surface area contributed by atoms with E-state index in [4.69, 9.17) is 11.6 Å². The van der Waals surface area contributed by atoms with Gasteiger partial charge in [-0.05, 0) is 11.3 Å². The maximum atomic E-state index is 12.0. The molecule has 0 fully saturated rings. The van der Waals surface area contributed by atoms with Gasteiger partial charge >= 0.3 is 0 Å². The first-order valence-corrected chi connectivity index (χ1v) is 6.96. The van der Waals surface area contributed by atoms with E-state index in [2.05, 4.69) is 4.98 Å². The van der Waals surface area contributed by atoms with Gasteiger partial charge in [0.25, 0.3) is 0 Å². The zero-order valence-electron chi connectivity index (χ0n) is 9.81. The van der Waals surface area contributed by atoms with Crippen LogP contribution < -0.4 is 0 Å². The van der Waals surface area contributed by atoms with Gasteiger partial charge in [-0.15, -0.1) is 11.3 Å². The highest BCUT2D eigenvalue weighted by atomic mass is 35.5. The molecule has 0 aliphatic heterocycles. The summed E-state index contributed by atoms with van der Waals surface area (Å²) in [7, 11) is 0. The van der Waals surface area contributed by atoms with E-state index in [9.17, 15) is 4.39 Å². The average molecular weight is 290 g/mol. The van der Waals surface area contributed by atoms with Crippen molar-refractivity contribution in [1.29, 1.82) is 0 Å². The van der Waals surface area contributed by atoms with E-state index < -0.39 is 0 Å². The Balaban J connectivity index is 0.000000132. The minimum atomic E-state index is -0.0579. The highest BCUT2D eigenvalue weighted by Gasteiger charge is 2.02. The normalized spacial score (nSPS) is 10.6. The fourth-order valence-electron chi connectivity index (χ4n) is 1.74. The van der Waals surface area contributed by atoms with Crippen molar-refractivity contribution in [2.24, 2.45) is 0 Å². The van der Waals surface area contributed by atoms with Crippen molar-refractivity contribution in [1.82, 2.24) is 4.98 Å². The van der Waals surface area contributed by atoms with Crippen LogP contribution in [0.2, 0.25) is 4.47 Å². The number of thiazole rings is 1. The first-order valence-electron chi connectivity index (χ1n) is 5.70. The van der Waals surface area contributed by atoms with Crippen LogP contribution in [-0.2, 0) is 0 Å². The third-order valence-corrected chi connectivity index (χ3v) is 3.80. The van der Waals surface area contributed by atoms with E-state index in [1.807, 2.05) is 41.8 Å². The van der Waals surface area contributed by atoms with E-state index in [1.165, 1.54) is 17.4 Å². The summed E-state index contributed by atoms with van der Waals surface area (Å²) in [6.07, 6.45) is 0. The van der Waals surface area contributed by atoms with Crippen molar-refractivity contribution in [2.75, 3.05) is 0 Å². The number of benzene rings is 2. The number of rotatable bonds is 1. The van der Waals surface area contributed by atoms with Gasteiger partial charge in [-0.1, -0.05) is 54.1 Å². The third-order valence-electron chi connectivity index (χ3n) is 2.83. The summed E-state index contributed by atoms with van der Waals surface area (Å²) in [5, 5.41) is 3.83. The first-order chi connectivity index (χ1) is 9.24. The summed E-state index contributed by atoms with van der Waals surface area (Å²) in [4.78, 5) is 4.16. The molecule has 0 unspecified atom stereocenters. The molecular formula is C15H9ClFNS. The predicted molar refractivity (Wildman–Crippen MR) is 76.6 cm³/mol. The van der Waals surface area contributed by atoms with Crippen LogP contribution >= 0.6 is 22.9 Å². The fraction of sp³-hybridized carbons (Fsp3) is 0. The van der Waals surface area contributed by atoms with Crippen LogP contribution in [-0.4, -0.2) is 4.98 Å². The minimum absolute atomic E-state index is 0.0579. The van der Waals surface area contributed by atoms with E-state index in [0.29, 0.717) is 4.47 Å². The summed E-state index contributed by atoms with van der Waals surface area (Å²) in [6.45, 7) is 0. The standard InChI is InChI=1S/C9H6ClNS.C6H3F/c10-9-11-8(6-12-9)7-4-2-1-3-5-7;7-6-3-4-1-2-5(4)6/h1-6H;1-3H. The van der Waals surface area contributed by atoms with Crippen molar-refractivity contribution < 1.29 is 4.39 Å². The van der Waals surface area contributed by atoms with Crippen LogP contribution in [0.1, 0.15) is 0 Å². The number of hydrogen-bond acceptors (Lipinski definition) is 2. The van der Waals surface area contributed by atoms with Crippen LogP contribution in [0, 0.1) is 16.3 Å². The number of aromatic nitrogens is 1. The summed E-state index contributed by atoms with van der Waals surface area (Å²) in [5.74, 6) is -0.0579. The smallest absolute Gasteiger partial charge is 0.184 e. The fourth-order valence-corrected chi connectivity index (χ4v) is 2.51. The molecule has 1 aromatic heterocycles. The summed E-state index contributed by atoms with van der Waals surface area (Å²) >= 11 is 7.17. The molecule has 0 bridgehead atoms. The van der Waals surface area contributed by atoms with Gasteiger partial charge in [0.2, 0.25) is 0 Å². The van der Waals surface area contributed by atoms with Crippen molar-refractivity contribution in [3.8, 4) is 11.3 Å². The Hall–Kier alpha value is -1.71. The quantitative estimate of drug-likeness (QED) is 0.486.